The minimum absolute atomic E-state index is 0.0393. The van der Waals surface area contributed by atoms with Crippen molar-refractivity contribution < 1.29 is 13.2 Å². The molecular formula is C19H26N4O4S2. The van der Waals surface area contributed by atoms with Crippen molar-refractivity contribution in [3.05, 3.63) is 28.1 Å². The van der Waals surface area contributed by atoms with E-state index in [2.05, 4.69) is 9.71 Å². The lowest BCUT2D eigenvalue weighted by atomic mass is 10.1. The summed E-state index contributed by atoms with van der Waals surface area (Å²) in [7, 11) is -3.43. The van der Waals surface area contributed by atoms with E-state index in [9.17, 15) is 18.0 Å². The fraction of sp³-hybridized carbons (Fsp3) is 0.632. The summed E-state index contributed by atoms with van der Waals surface area (Å²) in [4.78, 5) is 31.7. The maximum atomic E-state index is 12.7. The average Bonchev–Trinajstić information content (AvgIpc) is 3.39. The summed E-state index contributed by atoms with van der Waals surface area (Å²) in [6.45, 7) is 1.02. The number of aromatic nitrogens is 2. The van der Waals surface area contributed by atoms with Crippen LogP contribution in [0.15, 0.2) is 22.6 Å². The second-order valence-electron chi connectivity index (χ2n) is 7.88. The first-order chi connectivity index (χ1) is 13.9. The number of rotatable bonds is 6. The lowest BCUT2D eigenvalue weighted by Gasteiger charge is -2.33. The third-order valence-corrected chi connectivity index (χ3v) is 8.62. The lowest BCUT2D eigenvalue weighted by molar-refractivity contribution is -0.132. The van der Waals surface area contributed by atoms with Gasteiger partial charge in [0.25, 0.3) is 5.56 Å². The van der Waals surface area contributed by atoms with E-state index >= 15 is 0 Å². The molecule has 1 amide bonds. The Labute approximate surface area is 174 Å². The number of likely N-dealkylation sites (tertiary alicyclic amines) is 1. The Morgan fingerprint density at radius 3 is 2.83 bits per heavy atom. The van der Waals surface area contributed by atoms with Gasteiger partial charge in [0.15, 0.2) is 0 Å². The third-order valence-electron chi connectivity index (χ3n) is 5.87. The van der Waals surface area contributed by atoms with Gasteiger partial charge in [0.1, 0.15) is 4.83 Å². The Hall–Kier alpha value is -1.78. The van der Waals surface area contributed by atoms with Crippen molar-refractivity contribution in [2.45, 2.75) is 62.8 Å². The van der Waals surface area contributed by atoms with Gasteiger partial charge in [0.05, 0.1) is 17.0 Å². The van der Waals surface area contributed by atoms with Gasteiger partial charge in [-0.2, -0.15) is 0 Å². The van der Waals surface area contributed by atoms with Crippen molar-refractivity contribution in [2.24, 2.45) is 0 Å². The lowest BCUT2D eigenvalue weighted by Crippen LogP contribution is -2.50. The molecule has 1 saturated heterocycles. The zero-order valence-corrected chi connectivity index (χ0v) is 17.9. The largest absolute Gasteiger partial charge is 0.341 e. The van der Waals surface area contributed by atoms with Crippen LogP contribution in [-0.4, -0.2) is 53.2 Å². The monoisotopic (exact) mass is 438 g/mol. The van der Waals surface area contributed by atoms with Crippen LogP contribution in [-0.2, 0) is 21.4 Å². The maximum absolute atomic E-state index is 12.7. The minimum Gasteiger partial charge on any atom is -0.341 e. The van der Waals surface area contributed by atoms with Crippen molar-refractivity contribution in [3.63, 3.8) is 0 Å². The number of hydrogen-bond acceptors (Lipinski definition) is 6. The Morgan fingerprint density at radius 1 is 1.24 bits per heavy atom. The maximum Gasteiger partial charge on any atom is 0.262 e. The highest BCUT2D eigenvalue weighted by Crippen LogP contribution is 2.22. The predicted octanol–water partition coefficient (Wildman–Crippen LogP) is 1.70. The van der Waals surface area contributed by atoms with E-state index in [-0.39, 0.29) is 37.0 Å². The van der Waals surface area contributed by atoms with Crippen molar-refractivity contribution in [2.75, 3.05) is 13.1 Å². The van der Waals surface area contributed by atoms with Crippen LogP contribution in [0.2, 0.25) is 0 Å². The first-order valence-corrected chi connectivity index (χ1v) is 12.6. The standard InChI is InChI=1S/C19H26N4O4S2/c24-17(7-10-23-13-20-18-16(19(23)25)8-11-28-18)22-9-3-6-15(12-22)29(26,27)21-14-4-1-2-5-14/h8,11,13-15,21H,1-7,9-10,12H2/t15-/m0/s1. The Balaban J connectivity index is 1.36. The van der Waals surface area contributed by atoms with Gasteiger partial charge >= 0.3 is 0 Å². The van der Waals surface area contributed by atoms with E-state index in [1.807, 2.05) is 5.38 Å². The number of thiophene rings is 1. The van der Waals surface area contributed by atoms with Crippen LogP contribution in [0.1, 0.15) is 44.9 Å². The van der Waals surface area contributed by atoms with Crippen LogP contribution >= 0.6 is 11.3 Å². The molecule has 2 aliphatic rings. The molecule has 8 nitrogen and oxygen atoms in total. The highest BCUT2D eigenvalue weighted by atomic mass is 32.2. The number of nitrogens with zero attached hydrogens (tertiary/aromatic N) is 3. The van der Waals surface area contributed by atoms with Crippen molar-refractivity contribution >= 4 is 37.5 Å². The van der Waals surface area contributed by atoms with E-state index < -0.39 is 15.3 Å². The highest BCUT2D eigenvalue weighted by molar-refractivity contribution is 7.90. The van der Waals surface area contributed by atoms with Gasteiger partial charge in [-0.1, -0.05) is 12.8 Å². The second-order valence-corrected chi connectivity index (χ2v) is 10.8. The molecule has 158 valence electrons. The molecule has 0 unspecified atom stereocenters. The van der Waals surface area contributed by atoms with Crippen LogP contribution in [0.5, 0.6) is 0 Å². The van der Waals surface area contributed by atoms with Gasteiger partial charge in [-0.25, -0.2) is 18.1 Å². The quantitative estimate of drug-likeness (QED) is 0.740. The third kappa shape index (κ3) is 4.54. The molecule has 0 aromatic carbocycles. The summed E-state index contributed by atoms with van der Waals surface area (Å²) in [5, 5.41) is 1.82. The van der Waals surface area contributed by atoms with E-state index in [1.165, 1.54) is 22.2 Å². The van der Waals surface area contributed by atoms with E-state index in [0.29, 0.717) is 29.6 Å². The molecule has 3 heterocycles. The first-order valence-electron chi connectivity index (χ1n) is 10.2. The van der Waals surface area contributed by atoms with Gasteiger partial charge in [-0.3, -0.25) is 14.2 Å². The molecule has 0 radical (unpaired) electrons. The van der Waals surface area contributed by atoms with Crippen LogP contribution in [0, 0.1) is 0 Å². The normalized spacial score (nSPS) is 21.1. The zero-order valence-electron chi connectivity index (χ0n) is 16.2. The number of piperidine rings is 1. The number of nitrogens with one attached hydrogen (secondary N) is 1. The molecule has 1 N–H and O–H groups in total. The Bertz CT molecular complexity index is 1040. The molecule has 0 bridgehead atoms. The summed E-state index contributed by atoms with van der Waals surface area (Å²) in [6.07, 6.45) is 6.79. The van der Waals surface area contributed by atoms with Gasteiger partial charge in [-0.05, 0) is 37.1 Å². The van der Waals surface area contributed by atoms with Gasteiger partial charge in [-0.15, -0.1) is 11.3 Å². The highest BCUT2D eigenvalue weighted by Gasteiger charge is 2.34. The smallest absolute Gasteiger partial charge is 0.262 e. The molecule has 1 atom stereocenters. The molecule has 4 rings (SSSR count). The molecule has 1 aliphatic heterocycles. The molecule has 29 heavy (non-hydrogen) atoms. The zero-order chi connectivity index (χ0) is 20.4. The molecular weight excluding hydrogens is 412 g/mol. The average molecular weight is 439 g/mol. The topological polar surface area (TPSA) is 101 Å². The predicted molar refractivity (Wildman–Crippen MR) is 112 cm³/mol. The number of sulfonamides is 1. The van der Waals surface area contributed by atoms with Crippen LogP contribution in [0.3, 0.4) is 0 Å². The SMILES string of the molecule is O=C(CCn1cnc2sccc2c1=O)N1CCC[C@H](S(=O)(=O)NC2CCCC2)C1. The van der Waals surface area contributed by atoms with Crippen molar-refractivity contribution in [1.29, 1.82) is 0 Å². The number of hydrogen-bond donors (Lipinski definition) is 1. The Morgan fingerprint density at radius 2 is 2.03 bits per heavy atom. The fourth-order valence-corrected chi connectivity index (χ4v) is 6.69. The first kappa shape index (κ1) is 20.5. The van der Waals surface area contributed by atoms with Crippen LogP contribution in [0.25, 0.3) is 10.2 Å². The number of carbonyl (C=O) groups excluding carboxylic acids is 1. The van der Waals surface area contributed by atoms with Gasteiger partial charge in [0, 0.05) is 32.1 Å². The summed E-state index contributed by atoms with van der Waals surface area (Å²) >= 11 is 1.41. The van der Waals surface area contributed by atoms with Gasteiger partial charge in [0.2, 0.25) is 15.9 Å². The van der Waals surface area contributed by atoms with Crippen molar-refractivity contribution in [1.82, 2.24) is 19.2 Å². The number of carbonyl (C=O) groups is 1. The summed E-state index contributed by atoms with van der Waals surface area (Å²) < 4.78 is 29.8. The number of amides is 1. The van der Waals surface area contributed by atoms with E-state index in [4.69, 9.17) is 0 Å². The molecule has 1 aliphatic carbocycles. The molecule has 2 fully saturated rings. The molecule has 10 heteroatoms. The van der Waals surface area contributed by atoms with E-state index in [0.717, 1.165) is 25.7 Å². The van der Waals surface area contributed by atoms with E-state index in [1.54, 1.807) is 11.0 Å². The van der Waals surface area contributed by atoms with Crippen LogP contribution < -0.4 is 10.3 Å². The molecule has 1 saturated carbocycles. The van der Waals surface area contributed by atoms with Crippen molar-refractivity contribution in [3.8, 4) is 0 Å². The molecule has 0 spiro atoms. The summed E-state index contributed by atoms with van der Waals surface area (Å²) in [6, 6.07) is 1.78. The van der Waals surface area contributed by atoms with Crippen LogP contribution in [0.4, 0.5) is 0 Å². The molecule has 2 aromatic heterocycles. The Kier molecular flexibility index (Phi) is 6.03. The summed E-state index contributed by atoms with van der Waals surface area (Å²) in [5.41, 5.74) is -0.149. The minimum atomic E-state index is -3.43. The van der Waals surface area contributed by atoms with Gasteiger partial charge < -0.3 is 4.90 Å². The molecule has 2 aromatic rings. The fourth-order valence-electron chi connectivity index (χ4n) is 4.22. The second kappa shape index (κ2) is 8.53. The number of fused-ring (bicyclic) bond motifs is 1. The summed E-state index contributed by atoms with van der Waals surface area (Å²) in [5.74, 6) is -0.122. The number of aryl methyl sites for hydroxylation is 1.